The van der Waals surface area contributed by atoms with Crippen molar-refractivity contribution in [3.8, 4) is 0 Å². The van der Waals surface area contributed by atoms with Crippen molar-refractivity contribution in [2.75, 3.05) is 17.8 Å². The van der Waals surface area contributed by atoms with Gasteiger partial charge in [-0.1, -0.05) is 45.4 Å². The van der Waals surface area contributed by atoms with Gasteiger partial charge in [-0.25, -0.2) is 0 Å². The van der Waals surface area contributed by atoms with Gasteiger partial charge in [0.05, 0.1) is 0 Å². The third kappa shape index (κ3) is 10.4. The van der Waals surface area contributed by atoms with Crippen LogP contribution in [0.25, 0.3) is 0 Å². The molecule has 0 saturated heterocycles. The molecule has 1 unspecified atom stereocenters. The summed E-state index contributed by atoms with van der Waals surface area (Å²) in [5.41, 5.74) is 0. The molecule has 0 aliphatic heterocycles. The Morgan fingerprint density at radius 3 is 1.68 bits per heavy atom. The summed E-state index contributed by atoms with van der Waals surface area (Å²) in [5, 5.41) is -2.10. The quantitative estimate of drug-likeness (QED) is 0.259. The van der Waals surface area contributed by atoms with Gasteiger partial charge in [0.25, 0.3) is 0 Å². The summed E-state index contributed by atoms with van der Waals surface area (Å²) in [5.74, 6) is -0.186. The molecule has 0 aliphatic carbocycles. The van der Waals surface area contributed by atoms with Crippen LogP contribution in [0, 0.1) is 0 Å². The zero-order valence-corrected chi connectivity index (χ0v) is 15.9. The molecule has 0 bridgehead atoms. The van der Waals surface area contributed by atoms with E-state index in [1.165, 1.54) is 25.5 Å². The van der Waals surface area contributed by atoms with Crippen molar-refractivity contribution in [1.82, 2.24) is 0 Å². The van der Waals surface area contributed by atoms with E-state index >= 15 is 0 Å². The molecule has 22 heavy (non-hydrogen) atoms. The molecule has 0 aliphatic rings. The van der Waals surface area contributed by atoms with E-state index in [1.54, 1.807) is 0 Å². The Morgan fingerprint density at radius 1 is 0.864 bits per heavy atom. The lowest BCUT2D eigenvalue weighted by Crippen LogP contribution is -2.21. The summed E-state index contributed by atoms with van der Waals surface area (Å²) in [7, 11) is -12.3. The topological polar surface area (TPSA) is 135 Å². The fraction of sp³-hybridized carbons (Fsp3) is 1.00. The first-order valence-electron chi connectivity index (χ1n) is 7.47. The average Bonchev–Trinajstić information content (AvgIpc) is 2.32. The third-order valence-electron chi connectivity index (χ3n) is 3.47. The van der Waals surface area contributed by atoms with Crippen molar-refractivity contribution in [2.24, 2.45) is 0 Å². The van der Waals surface area contributed by atoms with Crippen molar-refractivity contribution in [1.29, 1.82) is 0 Å². The number of hydrogen-bond acceptors (Lipinski definition) is 3. The first-order valence-corrected chi connectivity index (χ1v) is 13.2. The van der Waals surface area contributed by atoms with Crippen LogP contribution in [0.4, 0.5) is 0 Å². The smallest absolute Gasteiger partial charge is 0.341 e. The highest BCUT2D eigenvalue weighted by Gasteiger charge is 2.45. The fourth-order valence-corrected chi connectivity index (χ4v) is 8.85. The highest BCUT2D eigenvalue weighted by atomic mass is 32.3. The van der Waals surface area contributed by atoms with E-state index in [4.69, 9.17) is 19.6 Å². The molecule has 7 nitrogen and oxygen atoms in total. The summed E-state index contributed by atoms with van der Waals surface area (Å²) in [6, 6.07) is 0. The molecule has 136 valence electrons. The van der Waals surface area contributed by atoms with Gasteiger partial charge in [-0.05, 0) is 18.4 Å². The van der Waals surface area contributed by atoms with Gasteiger partial charge in [0, 0.05) is 5.75 Å². The summed E-state index contributed by atoms with van der Waals surface area (Å²) >= 11 is 0. The minimum absolute atomic E-state index is 0.345. The van der Waals surface area contributed by atoms with Gasteiger partial charge in [-0.2, -0.15) is 0 Å². The molecule has 10 heteroatoms. The Kier molecular flexibility index (Phi) is 10.1. The molecule has 0 aromatic carbocycles. The third-order valence-corrected chi connectivity index (χ3v) is 9.91. The Bertz CT molecular complexity index is 382. The molecular weight excluding hydrogens is 350 g/mol. The minimum Gasteiger partial charge on any atom is -0.352 e. The number of hydrogen-bond donors (Lipinski definition) is 5. The lowest BCUT2D eigenvalue weighted by Gasteiger charge is -2.33. The van der Waals surface area contributed by atoms with Gasteiger partial charge in [0.2, 0.25) is 0 Å². The summed E-state index contributed by atoms with van der Waals surface area (Å²) in [6.07, 6.45) is 8.77. The normalized spacial score (nSPS) is 17.5. The molecule has 0 heterocycles. The second-order valence-corrected chi connectivity index (χ2v) is 13.1. The van der Waals surface area contributed by atoms with Crippen molar-refractivity contribution >= 4 is 25.5 Å². The van der Waals surface area contributed by atoms with Gasteiger partial charge >= 0.3 is 15.2 Å². The lowest BCUT2D eigenvalue weighted by molar-refractivity contribution is 0.342. The van der Waals surface area contributed by atoms with Crippen molar-refractivity contribution in [3.05, 3.63) is 0 Å². The van der Waals surface area contributed by atoms with Gasteiger partial charge in [0.1, 0.15) is 0 Å². The van der Waals surface area contributed by atoms with Crippen LogP contribution < -0.4 is 0 Å². The molecule has 0 fully saturated rings. The van der Waals surface area contributed by atoms with Gasteiger partial charge in [-0.15, -0.1) is 10.3 Å². The van der Waals surface area contributed by atoms with Crippen LogP contribution in [-0.4, -0.2) is 47.3 Å². The Balaban J connectivity index is 4.32. The average molecular weight is 380 g/mol. The molecule has 5 N–H and O–H groups in total. The summed E-state index contributed by atoms with van der Waals surface area (Å²) in [6.45, 7) is 2.14. The van der Waals surface area contributed by atoms with E-state index in [1.807, 2.05) is 0 Å². The van der Waals surface area contributed by atoms with Crippen LogP contribution in [0.2, 0.25) is 0 Å². The highest BCUT2D eigenvalue weighted by Crippen LogP contribution is 2.63. The summed E-state index contributed by atoms with van der Waals surface area (Å²) in [4.78, 5) is 36.4. The number of rotatable bonds is 12. The second kappa shape index (κ2) is 9.80. The van der Waals surface area contributed by atoms with E-state index in [9.17, 15) is 13.7 Å². The van der Waals surface area contributed by atoms with Gasteiger partial charge in [0.15, 0.2) is 5.40 Å². The van der Waals surface area contributed by atoms with Crippen LogP contribution in [0.3, 0.4) is 0 Å². The van der Waals surface area contributed by atoms with E-state index < -0.39 is 36.7 Å². The largest absolute Gasteiger partial charge is 0.352 e. The lowest BCUT2D eigenvalue weighted by atomic mass is 10.1. The van der Waals surface area contributed by atoms with Crippen LogP contribution in [-0.2, 0) is 9.13 Å². The zero-order valence-electron chi connectivity index (χ0n) is 13.3. The molecule has 1 atom stereocenters. The van der Waals surface area contributed by atoms with Gasteiger partial charge in [-0.3, -0.25) is 9.13 Å². The molecule has 0 spiro atoms. The fourth-order valence-electron chi connectivity index (χ4n) is 2.16. The zero-order chi connectivity index (χ0) is 17.4. The van der Waals surface area contributed by atoms with Crippen LogP contribution >= 0.6 is 25.5 Å². The molecule has 0 aromatic rings. The van der Waals surface area contributed by atoms with E-state index in [2.05, 4.69) is 6.92 Å². The SMILES string of the molecule is CCCCCCCCCS(C)(O)CC(P(=O)(O)O)P(=O)(O)O. The molecule has 0 saturated carbocycles. The molecular formula is C12H30O7P2S. The van der Waals surface area contributed by atoms with E-state index in [0.717, 1.165) is 19.3 Å². The predicted molar refractivity (Wildman–Crippen MR) is 91.7 cm³/mol. The molecule has 0 rings (SSSR count). The van der Waals surface area contributed by atoms with Gasteiger partial charge < -0.3 is 24.1 Å². The first-order chi connectivity index (χ1) is 9.90. The standard InChI is InChI=1S/C12H30O7P2S/c1-3-4-5-6-7-8-9-10-22(2,19)11-12(20(13,14)15)21(16,17)18/h12,19H,3-11H2,1-2H3,(H2,13,14,15)(H2,16,17,18). The molecule has 0 amide bonds. The molecule has 0 aromatic heterocycles. The minimum atomic E-state index is -4.95. The van der Waals surface area contributed by atoms with Crippen molar-refractivity contribution < 1.29 is 33.3 Å². The second-order valence-electron chi connectivity index (χ2n) is 5.87. The Morgan fingerprint density at radius 2 is 1.27 bits per heavy atom. The monoisotopic (exact) mass is 380 g/mol. The Hall–Kier alpha value is 0.610. The first kappa shape index (κ1) is 22.6. The summed E-state index contributed by atoms with van der Waals surface area (Å²) < 4.78 is 32.7. The maximum Gasteiger partial charge on any atom is 0.341 e. The van der Waals surface area contributed by atoms with Crippen molar-refractivity contribution in [3.63, 3.8) is 0 Å². The van der Waals surface area contributed by atoms with E-state index in [0.29, 0.717) is 12.2 Å². The number of unbranched alkanes of at least 4 members (excludes halogenated alkanes) is 6. The van der Waals surface area contributed by atoms with Crippen molar-refractivity contribution in [2.45, 2.75) is 57.3 Å². The highest BCUT2D eigenvalue weighted by molar-refractivity contribution is 8.28. The Labute approximate surface area is 134 Å². The van der Waals surface area contributed by atoms with Crippen LogP contribution in [0.1, 0.15) is 51.9 Å². The van der Waals surface area contributed by atoms with E-state index in [-0.39, 0.29) is 0 Å². The maximum atomic E-state index is 11.2. The van der Waals surface area contributed by atoms with Crippen LogP contribution in [0.5, 0.6) is 0 Å². The van der Waals surface area contributed by atoms with Crippen LogP contribution in [0.15, 0.2) is 0 Å². The maximum absolute atomic E-state index is 11.2. The molecule has 0 radical (unpaired) electrons. The predicted octanol–water partition coefficient (Wildman–Crippen LogP) is 3.33.